The highest BCUT2D eigenvalue weighted by atomic mass is 15.3. The average molecular weight is 163 g/mol. The smallest absolute Gasteiger partial charge is 0.122 e. The molecule has 0 aromatic carbocycles. The van der Waals surface area contributed by atoms with E-state index in [1.54, 1.807) is 16.8 Å². The lowest BCUT2D eigenvalue weighted by Gasteiger charge is -1.96. The minimum Gasteiger partial charge on any atom is -0.384 e. The molecule has 0 aliphatic heterocycles. The van der Waals surface area contributed by atoms with Gasteiger partial charge in [-0.15, -0.1) is 13.2 Å². The Balaban J connectivity index is 2.83. The Bertz CT molecular complexity index is 286. The Morgan fingerprint density at radius 3 is 2.83 bits per heavy atom. The predicted octanol–water partition coefficient (Wildman–Crippen LogP) is 1.38. The number of nitrogens with zero attached hydrogens (tertiary/aromatic N) is 2. The Hall–Kier alpha value is -1.51. The largest absolute Gasteiger partial charge is 0.384 e. The van der Waals surface area contributed by atoms with Gasteiger partial charge in [-0.05, 0) is 0 Å². The molecule has 0 spiro atoms. The zero-order valence-corrected chi connectivity index (χ0v) is 7.03. The van der Waals surface area contributed by atoms with Crippen LogP contribution in [0.5, 0.6) is 0 Å². The van der Waals surface area contributed by atoms with Gasteiger partial charge in [0.1, 0.15) is 5.82 Å². The zero-order chi connectivity index (χ0) is 8.97. The topological polar surface area (TPSA) is 43.8 Å². The molecule has 0 bridgehead atoms. The minimum atomic E-state index is 0.656. The molecule has 12 heavy (non-hydrogen) atoms. The van der Waals surface area contributed by atoms with Crippen molar-refractivity contribution in [2.75, 3.05) is 5.73 Å². The first kappa shape index (κ1) is 8.59. The third-order valence-corrected chi connectivity index (χ3v) is 1.52. The van der Waals surface area contributed by atoms with Crippen LogP contribution >= 0.6 is 0 Å². The first-order valence-electron chi connectivity index (χ1n) is 3.82. The summed E-state index contributed by atoms with van der Waals surface area (Å²) in [6.45, 7) is 7.90. The summed E-state index contributed by atoms with van der Waals surface area (Å²) in [5, 5.41) is 4.24. The molecule has 3 nitrogen and oxygen atoms in total. The molecule has 0 unspecified atom stereocenters. The molecular formula is C9H13N3. The molecule has 3 heteroatoms. The van der Waals surface area contributed by atoms with Gasteiger partial charge in [-0.3, -0.25) is 0 Å². The van der Waals surface area contributed by atoms with Crippen molar-refractivity contribution in [3.8, 4) is 0 Å². The van der Waals surface area contributed by atoms with Crippen molar-refractivity contribution < 1.29 is 0 Å². The third-order valence-electron chi connectivity index (χ3n) is 1.52. The summed E-state index contributed by atoms with van der Waals surface area (Å²) < 4.78 is 1.71. The molecule has 0 saturated carbocycles. The number of hydrogen-bond donors (Lipinski definition) is 1. The quantitative estimate of drug-likeness (QED) is 0.681. The van der Waals surface area contributed by atoms with E-state index in [-0.39, 0.29) is 0 Å². The molecule has 0 aliphatic rings. The molecule has 2 N–H and O–H groups in total. The summed E-state index contributed by atoms with van der Waals surface area (Å²) in [6.07, 6.45) is 4.33. The van der Waals surface area contributed by atoms with Crippen LogP contribution in [0.25, 0.3) is 0 Å². The molecule has 1 aromatic heterocycles. The summed E-state index contributed by atoms with van der Waals surface area (Å²) in [5.41, 5.74) is 6.62. The number of aromatic nitrogens is 2. The van der Waals surface area contributed by atoms with E-state index in [2.05, 4.69) is 18.3 Å². The Labute approximate surface area is 72.2 Å². The van der Waals surface area contributed by atoms with E-state index in [1.807, 2.05) is 6.07 Å². The van der Waals surface area contributed by atoms with Gasteiger partial charge in [0, 0.05) is 12.5 Å². The highest BCUT2D eigenvalue weighted by molar-refractivity contribution is 5.31. The van der Waals surface area contributed by atoms with E-state index >= 15 is 0 Å². The predicted molar refractivity (Wildman–Crippen MR) is 50.7 cm³/mol. The maximum atomic E-state index is 5.68. The molecule has 64 valence electrons. The van der Waals surface area contributed by atoms with Gasteiger partial charge in [-0.1, -0.05) is 12.2 Å². The molecule has 0 aliphatic carbocycles. The van der Waals surface area contributed by atoms with Crippen LogP contribution in [-0.4, -0.2) is 9.78 Å². The van der Waals surface area contributed by atoms with Crippen LogP contribution in [0.2, 0.25) is 0 Å². The number of rotatable bonds is 4. The lowest BCUT2D eigenvalue weighted by atomic mass is 10.3. The zero-order valence-electron chi connectivity index (χ0n) is 7.03. The lowest BCUT2D eigenvalue weighted by Crippen LogP contribution is -2.02. The molecular weight excluding hydrogens is 150 g/mol. The van der Waals surface area contributed by atoms with E-state index in [0.29, 0.717) is 12.4 Å². The Kier molecular flexibility index (Phi) is 2.69. The van der Waals surface area contributed by atoms with E-state index in [0.717, 1.165) is 12.1 Å². The monoisotopic (exact) mass is 163 g/mol. The maximum Gasteiger partial charge on any atom is 0.122 e. The first-order valence-corrected chi connectivity index (χ1v) is 3.82. The summed E-state index contributed by atoms with van der Waals surface area (Å²) in [5.74, 6) is 0.673. The van der Waals surface area contributed by atoms with Crippen molar-refractivity contribution >= 4 is 5.82 Å². The van der Waals surface area contributed by atoms with Gasteiger partial charge in [-0.25, -0.2) is 4.68 Å². The SMILES string of the molecule is C=CCc1cc(N)n(CC=C)n1. The van der Waals surface area contributed by atoms with Crippen LogP contribution in [0.1, 0.15) is 5.69 Å². The molecule has 0 atom stereocenters. The van der Waals surface area contributed by atoms with Crippen molar-refractivity contribution in [1.29, 1.82) is 0 Å². The van der Waals surface area contributed by atoms with E-state index in [9.17, 15) is 0 Å². The second-order valence-corrected chi connectivity index (χ2v) is 2.52. The Morgan fingerprint density at radius 1 is 1.50 bits per heavy atom. The molecule has 1 aromatic rings. The fourth-order valence-corrected chi connectivity index (χ4v) is 1.00. The van der Waals surface area contributed by atoms with Crippen molar-refractivity contribution in [3.05, 3.63) is 37.1 Å². The molecule has 1 rings (SSSR count). The number of nitrogens with two attached hydrogens (primary N) is 1. The average Bonchev–Trinajstić information content (AvgIpc) is 2.34. The van der Waals surface area contributed by atoms with Crippen LogP contribution in [0.4, 0.5) is 5.82 Å². The number of anilines is 1. The van der Waals surface area contributed by atoms with Gasteiger partial charge < -0.3 is 5.73 Å². The van der Waals surface area contributed by atoms with Crippen LogP contribution in [0.15, 0.2) is 31.4 Å². The lowest BCUT2D eigenvalue weighted by molar-refractivity contribution is 0.700. The van der Waals surface area contributed by atoms with E-state index < -0.39 is 0 Å². The maximum absolute atomic E-state index is 5.68. The number of hydrogen-bond acceptors (Lipinski definition) is 2. The van der Waals surface area contributed by atoms with Gasteiger partial charge >= 0.3 is 0 Å². The summed E-state index contributed by atoms with van der Waals surface area (Å²) in [6, 6.07) is 1.85. The van der Waals surface area contributed by atoms with Crippen molar-refractivity contribution in [2.24, 2.45) is 0 Å². The van der Waals surface area contributed by atoms with Gasteiger partial charge in [0.05, 0.1) is 12.2 Å². The van der Waals surface area contributed by atoms with Crippen LogP contribution in [0, 0.1) is 0 Å². The molecule has 0 radical (unpaired) electrons. The first-order chi connectivity index (χ1) is 5.77. The Morgan fingerprint density at radius 2 is 2.25 bits per heavy atom. The molecule has 0 amide bonds. The normalized spacial score (nSPS) is 9.67. The highest BCUT2D eigenvalue weighted by Crippen LogP contribution is 2.06. The van der Waals surface area contributed by atoms with Crippen molar-refractivity contribution in [2.45, 2.75) is 13.0 Å². The van der Waals surface area contributed by atoms with Gasteiger partial charge in [0.15, 0.2) is 0 Å². The minimum absolute atomic E-state index is 0.656. The molecule has 0 saturated heterocycles. The molecule has 0 fully saturated rings. The van der Waals surface area contributed by atoms with Crippen molar-refractivity contribution in [3.63, 3.8) is 0 Å². The standard InChI is InChI=1S/C9H13N3/c1-3-5-8-7-9(10)12(11-8)6-4-2/h3-4,7H,1-2,5-6,10H2. The van der Waals surface area contributed by atoms with Gasteiger partial charge in [0.2, 0.25) is 0 Å². The van der Waals surface area contributed by atoms with Crippen LogP contribution in [0.3, 0.4) is 0 Å². The van der Waals surface area contributed by atoms with Gasteiger partial charge in [-0.2, -0.15) is 5.10 Å². The molecule has 1 heterocycles. The number of allylic oxidation sites excluding steroid dienone is 2. The fourth-order valence-electron chi connectivity index (χ4n) is 1.00. The summed E-state index contributed by atoms with van der Waals surface area (Å²) >= 11 is 0. The summed E-state index contributed by atoms with van der Waals surface area (Å²) in [7, 11) is 0. The van der Waals surface area contributed by atoms with Crippen molar-refractivity contribution in [1.82, 2.24) is 9.78 Å². The fraction of sp³-hybridized carbons (Fsp3) is 0.222. The van der Waals surface area contributed by atoms with Crippen LogP contribution in [-0.2, 0) is 13.0 Å². The van der Waals surface area contributed by atoms with Crippen LogP contribution < -0.4 is 5.73 Å². The second kappa shape index (κ2) is 3.76. The third kappa shape index (κ3) is 1.75. The second-order valence-electron chi connectivity index (χ2n) is 2.52. The van der Waals surface area contributed by atoms with E-state index in [4.69, 9.17) is 5.73 Å². The summed E-state index contributed by atoms with van der Waals surface area (Å²) in [4.78, 5) is 0. The van der Waals surface area contributed by atoms with Gasteiger partial charge in [0.25, 0.3) is 0 Å². The van der Waals surface area contributed by atoms with E-state index in [1.165, 1.54) is 0 Å². The highest BCUT2D eigenvalue weighted by Gasteiger charge is 2.00. The number of nitrogen functional groups attached to an aromatic ring is 1.